The molecule has 0 spiro atoms. The molecule has 18 heavy (non-hydrogen) atoms. The fraction of sp³-hybridized carbons (Fsp3) is 0.571. The standard InChI is InChI=1S/C14H21F2NO/c1-14(2,10-17)7-3-4-8-18-13-9-11(15)5-6-12(13)16/h5-6,9H,3-4,7-8,10,17H2,1-2H3. The number of halogens is 2. The van der Waals surface area contributed by atoms with Crippen molar-refractivity contribution in [3.05, 3.63) is 29.8 Å². The molecule has 0 saturated heterocycles. The topological polar surface area (TPSA) is 35.2 Å². The lowest BCUT2D eigenvalue weighted by Gasteiger charge is -2.21. The van der Waals surface area contributed by atoms with Crippen molar-refractivity contribution in [1.82, 2.24) is 0 Å². The van der Waals surface area contributed by atoms with E-state index in [4.69, 9.17) is 10.5 Å². The zero-order valence-electron chi connectivity index (χ0n) is 11.0. The predicted octanol–water partition coefficient (Wildman–Crippen LogP) is 3.50. The maximum absolute atomic E-state index is 13.2. The maximum atomic E-state index is 13.2. The van der Waals surface area contributed by atoms with E-state index < -0.39 is 11.6 Å². The van der Waals surface area contributed by atoms with Gasteiger partial charge in [-0.05, 0) is 43.4 Å². The largest absolute Gasteiger partial charge is 0.490 e. The van der Waals surface area contributed by atoms with Crippen LogP contribution in [0.1, 0.15) is 33.1 Å². The van der Waals surface area contributed by atoms with E-state index in [1.807, 2.05) is 0 Å². The molecule has 0 amide bonds. The van der Waals surface area contributed by atoms with Crippen LogP contribution in [0, 0.1) is 17.0 Å². The first-order valence-electron chi connectivity index (χ1n) is 6.22. The van der Waals surface area contributed by atoms with Gasteiger partial charge in [0.15, 0.2) is 11.6 Å². The van der Waals surface area contributed by atoms with Crippen molar-refractivity contribution in [2.45, 2.75) is 33.1 Å². The molecule has 0 aliphatic rings. The molecule has 1 aromatic rings. The highest BCUT2D eigenvalue weighted by atomic mass is 19.1. The minimum atomic E-state index is -0.529. The molecule has 0 radical (unpaired) electrons. The normalized spacial score (nSPS) is 11.6. The van der Waals surface area contributed by atoms with Crippen molar-refractivity contribution < 1.29 is 13.5 Å². The van der Waals surface area contributed by atoms with E-state index >= 15 is 0 Å². The molecule has 2 N–H and O–H groups in total. The van der Waals surface area contributed by atoms with Crippen LogP contribution in [0.2, 0.25) is 0 Å². The monoisotopic (exact) mass is 257 g/mol. The van der Waals surface area contributed by atoms with Gasteiger partial charge in [0.05, 0.1) is 6.61 Å². The Kier molecular flexibility index (Phi) is 5.54. The Hall–Kier alpha value is -1.16. The summed E-state index contributed by atoms with van der Waals surface area (Å²) < 4.78 is 31.3. The van der Waals surface area contributed by atoms with Gasteiger partial charge >= 0.3 is 0 Å². The van der Waals surface area contributed by atoms with E-state index in [2.05, 4.69) is 13.8 Å². The lowest BCUT2D eigenvalue weighted by Crippen LogP contribution is -2.23. The Morgan fingerprint density at radius 3 is 2.61 bits per heavy atom. The third kappa shape index (κ3) is 5.00. The number of benzene rings is 1. The zero-order chi connectivity index (χ0) is 13.6. The van der Waals surface area contributed by atoms with Gasteiger partial charge < -0.3 is 10.5 Å². The molecule has 0 heterocycles. The predicted molar refractivity (Wildman–Crippen MR) is 68.5 cm³/mol. The third-order valence-electron chi connectivity index (χ3n) is 2.95. The van der Waals surface area contributed by atoms with Gasteiger partial charge in [-0.1, -0.05) is 13.8 Å². The van der Waals surface area contributed by atoms with Crippen LogP contribution in [0.4, 0.5) is 8.78 Å². The van der Waals surface area contributed by atoms with Crippen LogP contribution in [0.15, 0.2) is 18.2 Å². The molecule has 0 fully saturated rings. The summed E-state index contributed by atoms with van der Waals surface area (Å²) in [6, 6.07) is 3.22. The SMILES string of the molecule is CC(C)(CN)CCCCOc1cc(F)ccc1F. The number of ether oxygens (including phenoxy) is 1. The highest BCUT2D eigenvalue weighted by Gasteiger charge is 2.14. The van der Waals surface area contributed by atoms with E-state index in [0.29, 0.717) is 13.2 Å². The summed E-state index contributed by atoms with van der Waals surface area (Å²) in [6.07, 6.45) is 2.76. The van der Waals surface area contributed by atoms with Gasteiger partial charge in [-0.3, -0.25) is 0 Å². The molecule has 1 aromatic carbocycles. The molecule has 102 valence electrons. The molecule has 0 bridgehead atoms. The fourth-order valence-electron chi connectivity index (χ4n) is 1.58. The molecule has 0 aliphatic heterocycles. The summed E-state index contributed by atoms with van der Waals surface area (Å²) in [5, 5.41) is 0. The van der Waals surface area contributed by atoms with Crippen LogP contribution in [0.25, 0.3) is 0 Å². The highest BCUT2D eigenvalue weighted by molar-refractivity contribution is 5.24. The molecule has 1 rings (SSSR count). The summed E-state index contributed by atoms with van der Waals surface area (Å²) in [5.41, 5.74) is 5.76. The quantitative estimate of drug-likeness (QED) is 0.759. The lowest BCUT2D eigenvalue weighted by atomic mass is 9.87. The minimum absolute atomic E-state index is 0.0203. The van der Waals surface area contributed by atoms with Gasteiger partial charge in [0, 0.05) is 6.07 Å². The second-order valence-corrected chi connectivity index (χ2v) is 5.25. The van der Waals surface area contributed by atoms with Crippen molar-refractivity contribution in [1.29, 1.82) is 0 Å². The molecule has 0 unspecified atom stereocenters. The molecular formula is C14H21F2NO. The van der Waals surface area contributed by atoms with Crippen molar-refractivity contribution in [3.8, 4) is 5.75 Å². The first-order chi connectivity index (χ1) is 8.44. The van der Waals surface area contributed by atoms with E-state index in [1.54, 1.807) is 0 Å². The Morgan fingerprint density at radius 2 is 1.94 bits per heavy atom. The van der Waals surface area contributed by atoms with E-state index in [9.17, 15) is 8.78 Å². The van der Waals surface area contributed by atoms with E-state index in [-0.39, 0.29) is 11.2 Å². The van der Waals surface area contributed by atoms with Gasteiger partial charge in [-0.15, -0.1) is 0 Å². The van der Waals surface area contributed by atoms with Gasteiger partial charge in [0.25, 0.3) is 0 Å². The average Bonchev–Trinajstić information content (AvgIpc) is 2.33. The van der Waals surface area contributed by atoms with Crippen LogP contribution < -0.4 is 10.5 Å². The molecule has 2 nitrogen and oxygen atoms in total. The first-order valence-corrected chi connectivity index (χ1v) is 6.22. The van der Waals surface area contributed by atoms with Crippen LogP contribution in [0.5, 0.6) is 5.75 Å². The maximum Gasteiger partial charge on any atom is 0.165 e. The smallest absolute Gasteiger partial charge is 0.165 e. The van der Waals surface area contributed by atoms with E-state index in [1.165, 1.54) is 0 Å². The van der Waals surface area contributed by atoms with Crippen LogP contribution in [0.3, 0.4) is 0 Å². The minimum Gasteiger partial charge on any atom is -0.490 e. The van der Waals surface area contributed by atoms with E-state index in [0.717, 1.165) is 37.5 Å². The summed E-state index contributed by atoms with van der Waals surface area (Å²) in [5.74, 6) is -1.04. The van der Waals surface area contributed by atoms with Gasteiger partial charge in [-0.25, -0.2) is 8.78 Å². The summed E-state index contributed by atoms with van der Waals surface area (Å²) in [6.45, 7) is 5.26. The van der Waals surface area contributed by atoms with Crippen molar-refractivity contribution in [2.24, 2.45) is 11.1 Å². The van der Waals surface area contributed by atoms with Crippen molar-refractivity contribution >= 4 is 0 Å². The zero-order valence-corrected chi connectivity index (χ0v) is 11.0. The Morgan fingerprint density at radius 1 is 1.22 bits per heavy atom. The van der Waals surface area contributed by atoms with Gasteiger partial charge in [-0.2, -0.15) is 0 Å². The number of hydrogen-bond acceptors (Lipinski definition) is 2. The fourth-order valence-corrected chi connectivity index (χ4v) is 1.58. The molecule has 0 aromatic heterocycles. The second kappa shape index (κ2) is 6.69. The second-order valence-electron chi connectivity index (χ2n) is 5.25. The Bertz CT molecular complexity index is 380. The molecule has 0 atom stereocenters. The van der Waals surface area contributed by atoms with Crippen LogP contribution in [-0.4, -0.2) is 13.2 Å². The highest BCUT2D eigenvalue weighted by Crippen LogP contribution is 2.22. The lowest BCUT2D eigenvalue weighted by molar-refractivity contribution is 0.269. The number of rotatable bonds is 7. The van der Waals surface area contributed by atoms with Crippen LogP contribution >= 0.6 is 0 Å². The third-order valence-corrected chi connectivity index (χ3v) is 2.95. The Labute approximate surface area is 107 Å². The molecule has 4 heteroatoms. The van der Waals surface area contributed by atoms with Crippen molar-refractivity contribution in [2.75, 3.05) is 13.2 Å². The number of hydrogen-bond donors (Lipinski definition) is 1. The number of nitrogens with two attached hydrogens (primary N) is 1. The summed E-state index contributed by atoms with van der Waals surface area (Å²) >= 11 is 0. The molecular weight excluding hydrogens is 236 g/mol. The summed E-state index contributed by atoms with van der Waals surface area (Å²) in [4.78, 5) is 0. The first kappa shape index (κ1) is 14.9. The average molecular weight is 257 g/mol. The molecule has 0 saturated carbocycles. The summed E-state index contributed by atoms with van der Waals surface area (Å²) in [7, 11) is 0. The Balaban J connectivity index is 2.28. The van der Waals surface area contributed by atoms with Crippen LogP contribution in [-0.2, 0) is 0 Å². The van der Waals surface area contributed by atoms with Gasteiger partial charge in [0.1, 0.15) is 5.82 Å². The van der Waals surface area contributed by atoms with Gasteiger partial charge in [0.2, 0.25) is 0 Å². The van der Waals surface area contributed by atoms with Crippen molar-refractivity contribution in [3.63, 3.8) is 0 Å². The molecule has 0 aliphatic carbocycles. The number of unbranched alkanes of at least 4 members (excludes halogenated alkanes) is 1.